The highest BCUT2D eigenvalue weighted by Crippen LogP contribution is 2.16. The summed E-state index contributed by atoms with van der Waals surface area (Å²) in [5, 5.41) is 9.44. The Balaban J connectivity index is 2.70. The monoisotopic (exact) mass is 193 g/mol. The number of amides is 1. The van der Waals surface area contributed by atoms with Crippen molar-refractivity contribution in [2.24, 2.45) is 0 Å². The molecular weight excluding hydrogens is 178 g/mol. The first kappa shape index (κ1) is 10.6. The second-order valence-corrected chi connectivity index (χ2v) is 3.21. The topological polar surface area (TPSA) is 40.5 Å². The standard InChI is InChI=1S/C11H15NO2/c1-3-12(2)11(14)8-9-6-4-5-7-10(9)13/h4-7,13H,3,8H2,1-2H3. The van der Waals surface area contributed by atoms with E-state index in [-0.39, 0.29) is 18.1 Å². The van der Waals surface area contributed by atoms with Crippen LogP contribution in [-0.4, -0.2) is 29.5 Å². The first-order valence-corrected chi connectivity index (χ1v) is 4.66. The van der Waals surface area contributed by atoms with Gasteiger partial charge < -0.3 is 10.0 Å². The predicted octanol–water partition coefficient (Wildman–Crippen LogP) is 1.41. The maximum absolute atomic E-state index is 11.5. The van der Waals surface area contributed by atoms with Crippen LogP contribution in [0.4, 0.5) is 0 Å². The predicted molar refractivity (Wildman–Crippen MR) is 55.1 cm³/mol. The van der Waals surface area contributed by atoms with E-state index >= 15 is 0 Å². The molecule has 0 spiro atoms. The molecule has 14 heavy (non-hydrogen) atoms. The summed E-state index contributed by atoms with van der Waals surface area (Å²) in [6, 6.07) is 6.91. The Labute approximate surface area is 84.0 Å². The zero-order valence-corrected chi connectivity index (χ0v) is 8.53. The normalized spacial score (nSPS) is 9.86. The van der Waals surface area contributed by atoms with Gasteiger partial charge in [0.15, 0.2) is 0 Å². The molecular formula is C11H15NO2. The molecule has 1 aromatic rings. The van der Waals surface area contributed by atoms with Crippen molar-refractivity contribution in [2.75, 3.05) is 13.6 Å². The summed E-state index contributed by atoms with van der Waals surface area (Å²) >= 11 is 0. The Hall–Kier alpha value is -1.51. The van der Waals surface area contributed by atoms with Crippen LogP contribution in [-0.2, 0) is 11.2 Å². The van der Waals surface area contributed by atoms with Crippen LogP contribution in [0.25, 0.3) is 0 Å². The number of aromatic hydroxyl groups is 1. The SMILES string of the molecule is CCN(C)C(=O)Cc1ccccc1O. The van der Waals surface area contributed by atoms with Crippen LogP contribution in [0.15, 0.2) is 24.3 Å². The Morgan fingerprint density at radius 1 is 1.43 bits per heavy atom. The molecule has 0 heterocycles. The van der Waals surface area contributed by atoms with E-state index in [1.807, 2.05) is 13.0 Å². The average Bonchev–Trinajstić information content (AvgIpc) is 2.20. The summed E-state index contributed by atoms with van der Waals surface area (Å²) in [6.07, 6.45) is 0.261. The molecule has 0 fully saturated rings. The van der Waals surface area contributed by atoms with Gasteiger partial charge in [0.2, 0.25) is 5.91 Å². The lowest BCUT2D eigenvalue weighted by molar-refractivity contribution is -0.129. The number of hydrogen-bond donors (Lipinski definition) is 1. The molecule has 3 nitrogen and oxygen atoms in total. The van der Waals surface area contributed by atoms with Crippen LogP contribution in [0, 0.1) is 0 Å². The van der Waals surface area contributed by atoms with Crippen molar-refractivity contribution in [3.05, 3.63) is 29.8 Å². The van der Waals surface area contributed by atoms with Crippen molar-refractivity contribution in [3.63, 3.8) is 0 Å². The Bertz CT molecular complexity index is 323. The summed E-state index contributed by atoms with van der Waals surface area (Å²) in [4.78, 5) is 13.1. The molecule has 0 saturated heterocycles. The van der Waals surface area contributed by atoms with Crippen LogP contribution in [0.1, 0.15) is 12.5 Å². The molecule has 0 bridgehead atoms. The molecule has 76 valence electrons. The zero-order valence-electron chi connectivity index (χ0n) is 8.53. The average molecular weight is 193 g/mol. The number of phenolic OH excluding ortho intramolecular Hbond substituents is 1. The van der Waals surface area contributed by atoms with Crippen LogP contribution in [0.2, 0.25) is 0 Å². The molecule has 0 saturated carbocycles. The van der Waals surface area contributed by atoms with Gasteiger partial charge in [-0.15, -0.1) is 0 Å². The van der Waals surface area contributed by atoms with E-state index in [9.17, 15) is 9.90 Å². The van der Waals surface area contributed by atoms with Crippen molar-refractivity contribution < 1.29 is 9.90 Å². The molecule has 0 aliphatic carbocycles. The molecule has 0 radical (unpaired) electrons. The molecule has 1 amide bonds. The van der Waals surface area contributed by atoms with E-state index in [4.69, 9.17) is 0 Å². The molecule has 1 aromatic carbocycles. The van der Waals surface area contributed by atoms with E-state index in [1.165, 1.54) is 0 Å². The first-order chi connectivity index (χ1) is 6.65. The summed E-state index contributed by atoms with van der Waals surface area (Å²) in [6.45, 7) is 2.61. The van der Waals surface area contributed by atoms with Gasteiger partial charge in [0.25, 0.3) is 0 Å². The van der Waals surface area contributed by atoms with Gasteiger partial charge in [-0.05, 0) is 13.0 Å². The van der Waals surface area contributed by atoms with Crippen LogP contribution in [0.5, 0.6) is 5.75 Å². The van der Waals surface area contributed by atoms with Crippen molar-refractivity contribution in [2.45, 2.75) is 13.3 Å². The Morgan fingerprint density at radius 3 is 2.64 bits per heavy atom. The second kappa shape index (κ2) is 4.65. The number of hydrogen-bond acceptors (Lipinski definition) is 2. The van der Waals surface area contributed by atoms with Gasteiger partial charge in [-0.2, -0.15) is 0 Å². The smallest absolute Gasteiger partial charge is 0.226 e. The number of phenols is 1. The Morgan fingerprint density at radius 2 is 2.07 bits per heavy atom. The van der Waals surface area contributed by atoms with Gasteiger partial charge in [0.1, 0.15) is 5.75 Å². The molecule has 0 aliphatic rings. The zero-order chi connectivity index (χ0) is 10.6. The summed E-state index contributed by atoms with van der Waals surface area (Å²) < 4.78 is 0. The van der Waals surface area contributed by atoms with Gasteiger partial charge in [-0.1, -0.05) is 18.2 Å². The minimum atomic E-state index is 0.0222. The van der Waals surface area contributed by atoms with Gasteiger partial charge in [-0.3, -0.25) is 4.79 Å². The van der Waals surface area contributed by atoms with Crippen molar-refractivity contribution >= 4 is 5.91 Å². The van der Waals surface area contributed by atoms with Crippen LogP contribution in [0.3, 0.4) is 0 Å². The van der Waals surface area contributed by atoms with Gasteiger partial charge in [0, 0.05) is 19.2 Å². The van der Waals surface area contributed by atoms with E-state index < -0.39 is 0 Å². The first-order valence-electron chi connectivity index (χ1n) is 4.66. The molecule has 0 atom stereocenters. The van der Waals surface area contributed by atoms with E-state index in [1.54, 1.807) is 30.1 Å². The van der Waals surface area contributed by atoms with Crippen molar-refractivity contribution in [1.82, 2.24) is 4.90 Å². The van der Waals surface area contributed by atoms with Gasteiger partial charge in [0.05, 0.1) is 6.42 Å². The number of para-hydroxylation sites is 1. The molecule has 3 heteroatoms. The number of carbonyl (C=O) groups is 1. The van der Waals surface area contributed by atoms with Crippen LogP contribution < -0.4 is 0 Å². The molecule has 1 N–H and O–H groups in total. The third-order valence-electron chi connectivity index (χ3n) is 2.23. The molecule has 1 rings (SSSR count). The third-order valence-corrected chi connectivity index (χ3v) is 2.23. The fourth-order valence-corrected chi connectivity index (χ4v) is 1.13. The highest BCUT2D eigenvalue weighted by atomic mass is 16.3. The number of carbonyl (C=O) groups excluding carboxylic acids is 1. The second-order valence-electron chi connectivity index (χ2n) is 3.21. The number of nitrogens with zero attached hydrogens (tertiary/aromatic N) is 1. The van der Waals surface area contributed by atoms with Crippen molar-refractivity contribution in [3.8, 4) is 5.75 Å². The molecule has 0 aliphatic heterocycles. The summed E-state index contributed by atoms with van der Waals surface area (Å²) in [5.41, 5.74) is 0.679. The van der Waals surface area contributed by atoms with Crippen molar-refractivity contribution in [1.29, 1.82) is 0 Å². The fraction of sp³-hybridized carbons (Fsp3) is 0.364. The highest BCUT2D eigenvalue weighted by molar-refractivity contribution is 5.79. The number of benzene rings is 1. The van der Waals surface area contributed by atoms with E-state index in [0.717, 1.165) is 0 Å². The summed E-state index contributed by atoms with van der Waals surface area (Å²) in [7, 11) is 1.75. The summed E-state index contributed by atoms with van der Waals surface area (Å²) in [5.74, 6) is 0.208. The van der Waals surface area contributed by atoms with Gasteiger partial charge in [-0.25, -0.2) is 0 Å². The van der Waals surface area contributed by atoms with E-state index in [0.29, 0.717) is 12.1 Å². The van der Waals surface area contributed by atoms with Crippen LogP contribution >= 0.6 is 0 Å². The minimum Gasteiger partial charge on any atom is -0.508 e. The highest BCUT2D eigenvalue weighted by Gasteiger charge is 2.09. The largest absolute Gasteiger partial charge is 0.508 e. The minimum absolute atomic E-state index is 0.0222. The fourth-order valence-electron chi connectivity index (χ4n) is 1.13. The lowest BCUT2D eigenvalue weighted by Gasteiger charge is -2.14. The van der Waals surface area contributed by atoms with Gasteiger partial charge >= 0.3 is 0 Å². The van der Waals surface area contributed by atoms with E-state index in [2.05, 4.69) is 0 Å². The maximum atomic E-state index is 11.5. The Kier molecular flexibility index (Phi) is 3.51. The molecule has 0 aromatic heterocycles. The number of likely N-dealkylation sites (N-methyl/N-ethyl adjacent to an activating group) is 1. The quantitative estimate of drug-likeness (QED) is 0.788. The maximum Gasteiger partial charge on any atom is 0.226 e. The number of rotatable bonds is 3. The lowest BCUT2D eigenvalue weighted by atomic mass is 10.1. The molecule has 0 unspecified atom stereocenters. The third kappa shape index (κ3) is 2.49. The lowest BCUT2D eigenvalue weighted by Crippen LogP contribution is -2.27.